The number of rotatable bonds is 1. The largest absolute Gasteiger partial charge is 0.497 e. The van der Waals surface area contributed by atoms with Crippen LogP contribution in [0.25, 0.3) is 0 Å². The highest BCUT2D eigenvalue weighted by atomic mass is 16.5. The maximum atomic E-state index is 11.8. The van der Waals surface area contributed by atoms with E-state index in [2.05, 4.69) is 12.1 Å². The van der Waals surface area contributed by atoms with Crippen LogP contribution in [-0.2, 0) is 16.6 Å². The molecule has 0 unspecified atom stereocenters. The van der Waals surface area contributed by atoms with Gasteiger partial charge in [0, 0.05) is 18.0 Å². The third-order valence-corrected chi connectivity index (χ3v) is 6.16. The van der Waals surface area contributed by atoms with Crippen LogP contribution in [0.5, 0.6) is 5.75 Å². The van der Waals surface area contributed by atoms with Crippen LogP contribution in [0.4, 0.5) is 0 Å². The standard InChI is InChI=1S/C18H23NO2/c1-21-14-6-5-13-10-17-15-4-2-3-7-18(15,16(13)11-14)8-9-19(17)12-20/h5-6,11-12,15,17H,2-4,7-10H2,1H3/t15-,17+,18+/m1/s1/i12D. The summed E-state index contributed by atoms with van der Waals surface area (Å²) in [6.45, 7) is 0.736. The van der Waals surface area contributed by atoms with E-state index in [0.29, 0.717) is 5.92 Å². The summed E-state index contributed by atoms with van der Waals surface area (Å²) >= 11 is 0. The van der Waals surface area contributed by atoms with Crippen LogP contribution < -0.4 is 4.74 Å². The third kappa shape index (κ3) is 1.76. The van der Waals surface area contributed by atoms with Crippen molar-refractivity contribution in [1.29, 1.82) is 0 Å². The summed E-state index contributed by atoms with van der Waals surface area (Å²) in [6.07, 6.45) is 6.33. The molecule has 1 saturated carbocycles. The first-order valence-corrected chi connectivity index (χ1v) is 8.10. The molecule has 1 aliphatic heterocycles. The average Bonchev–Trinajstić information content (AvgIpc) is 2.54. The molecule has 21 heavy (non-hydrogen) atoms. The molecule has 0 N–H and O–H groups in total. The average molecular weight is 286 g/mol. The summed E-state index contributed by atoms with van der Waals surface area (Å²) in [5.41, 5.74) is 3.02. The first-order chi connectivity index (χ1) is 10.7. The van der Waals surface area contributed by atoms with Gasteiger partial charge in [-0.1, -0.05) is 18.9 Å². The van der Waals surface area contributed by atoms with E-state index in [0.717, 1.165) is 25.1 Å². The highest BCUT2D eigenvalue weighted by Crippen LogP contribution is 2.55. The topological polar surface area (TPSA) is 29.5 Å². The fraction of sp³-hybridized carbons (Fsp3) is 0.611. The summed E-state index contributed by atoms with van der Waals surface area (Å²) in [5, 5.41) is 0. The molecule has 0 spiro atoms. The first-order valence-electron chi connectivity index (χ1n) is 8.60. The second-order valence-corrected chi connectivity index (χ2v) is 6.84. The second-order valence-electron chi connectivity index (χ2n) is 6.84. The molecule has 2 fully saturated rings. The molecule has 1 aromatic rings. The summed E-state index contributed by atoms with van der Waals surface area (Å²) in [4.78, 5) is 13.6. The van der Waals surface area contributed by atoms with Gasteiger partial charge in [0.25, 0.3) is 0 Å². The van der Waals surface area contributed by atoms with Crippen LogP contribution in [0.1, 0.15) is 44.6 Å². The Morgan fingerprint density at radius 2 is 2.33 bits per heavy atom. The summed E-state index contributed by atoms with van der Waals surface area (Å²) < 4.78 is 13.1. The number of fused-ring (bicyclic) bond motifs is 1. The van der Waals surface area contributed by atoms with Crippen LogP contribution >= 0.6 is 0 Å². The predicted molar refractivity (Wildman–Crippen MR) is 81.5 cm³/mol. The number of methoxy groups -OCH3 is 1. The zero-order chi connectivity index (χ0) is 15.3. The van der Waals surface area contributed by atoms with Gasteiger partial charge in [0.05, 0.1) is 7.11 Å². The number of likely N-dealkylation sites (tertiary alicyclic amines) is 1. The third-order valence-electron chi connectivity index (χ3n) is 6.16. The molecule has 3 atom stereocenters. The number of piperidine rings is 1. The number of carbonyl (C=O) groups is 1. The summed E-state index contributed by atoms with van der Waals surface area (Å²) in [7, 11) is 1.73. The minimum Gasteiger partial charge on any atom is -0.497 e. The minimum atomic E-state index is -0.499. The molecule has 1 amide bonds. The lowest BCUT2D eigenvalue weighted by Crippen LogP contribution is -2.60. The zero-order valence-corrected chi connectivity index (χ0v) is 12.6. The van der Waals surface area contributed by atoms with Crippen LogP contribution in [0.3, 0.4) is 0 Å². The van der Waals surface area contributed by atoms with E-state index in [1.54, 1.807) is 7.11 Å². The molecule has 0 radical (unpaired) electrons. The molecule has 0 aromatic heterocycles. The van der Waals surface area contributed by atoms with Crippen LogP contribution in [0.15, 0.2) is 18.2 Å². The van der Waals surface area contributed by atoms with E-state index in [-0.39, 0.29) is 11.5 Å². The number of carbonyl (C=O) groups excluding carboxylic acids is 1. The van der Waals surface area contributed by atoms with Crippen molar-refractivity contribution in [2.75, 3.05) is 13.7 Å². The SMILES string of the molecule is [2H]C(=O)N1CC[C@@]23CCCC[C@@H]2[C@@H]1Cc1ccc(OC)cc13. The van der Waals surface area contributed by atoms with Crippen molar-refractivity contribution in [3.63, 3.8) is 0 Å². The number of benzene rings is 1. The van der Waals surface area contributed by atoms with Crippen LogP contribution in [0.2, 0.25) is 0 Å². The van der Waals surface area contributed by atoms with Crippen LogP contribution in [-0.4, -0.2) is 31.0 Å². The Morgan fingerprint density at radius 3 is 3.14 bits per heavy atom. The Kier molecular flexibility index (Phi) is 2.73. The van der Waals surface area contributed by atoms with E-state index in [4.69, 9.17) is 6.11 Å². The van der Waals surface area contributed by atoms with Crippen molar-refractivity contribution in [2.24, 2.45) is 5.92 Å². The molecule has 3 aliphatic rings. The molecule has 112 valence electrons. The highest BCUT2D eigenvalue weighted by Gasteiger charge is 2.53. The van der Waals surface area contributed by atoms with Gasteiger partial charge in [0.2, 0.25) is 6.39 Å². The Labute approximate surface area is 127 Å². The molecular formula is C18H23NO2. The lowest BCUT2D eigenvalue weighted by atomic mass is 9.52. The quantitative estimate of drug-likeness (QED) is 0.743. The van der Waals surface area contributed by atoms with Gasteiger partial charge in [-0.3, -0.25) is 4.79 Å². The number of ether oxygens (including phenoxy) is 1. The molecule has 1 heterocycles. The van der Waals surface area contributed by atoms with Crippen LogP contribution in [0, 0.1) is 5.92 Å². The Balaban J connectivity index is 1.85. The van der Waals surface area contributed by atoms with Gasteiger partial charge in [-0.05, 0) is 54.9 Å². The van der Waals surface area contributed by atoms with Gasteiger partial charge in [0.15, 0.2) is 0 Å². The normalized spacial score (nSPS) is 34.5. The Hall–Kier alpha value is -1.51. The van der Waals surface area contributed by atoms with Crippen molar-refractivity contribution in [3.05, 3.63) is 29.3 Å². The second kappa shape index (κ2) is 4.75. The molecule has 3 nitrogen and oxygen atoms in total. The van der Waals surface area contributed by atoms with E-state index < -0.39 is 6.39 Å². The van der Waals surface area contributed by atoms with Crippen molar-refractivity contribution in [3.8, 4) is 5.75 Å². The van der Waals surface area contributed by atoms with E-state index in [1.807, 2.05) is 11.0 Å². The minimum absolute atomic E-state index is 0.205. The molecule has 4 rings (SSSR count). The van der Waals surface area contributed by atoms with Gasteiger partial charge in [-0.2, -0.15) is 0 Å². The fourth-order valence-electron chi connectivity index (χ4n) is 5.22. The van der Waals surface area contributed by atoms with E-state index >= 15 is 0 Å². The fourth-order valence-corrected chi connectivity index (χ4v) is 5.22. The Bertz CT molecular complexity index is 617. The van der Waals surface area contributed by atoms with Crippen molar-refractivity contribution in [1.82, 2.24) is 4.90 Å². The van der Waals surface area contributed by atoms with Gasteiger partial charge >= 0.3 is 0 Å². The van der Waals surface area contributed by atoms with E-state index in [1.165, 1.54) is 36.8 Å². The molecule has 1 aromatic carbocycles. The van der Waals surface area contributed by atoms with Crippen molar-refractivity contribution >= 4 is 6.39 Å². The molecular weight excluding hydrogens is 262 g/mol. The number of hydrogen-bond acceptors (Lipinski definition) is 2. The van der Waals surface area contributed by atoms with E-state index in [9.17, 15) is 4.79 Å². The molecule has 2 aliphatic carbocycles. The maximum Gasteiger partial charge on any atom is 0.209 e. The summed E-state index contributed by atoms with van der Waals surface area (Å²) in [6, 6.07) is 6.66. The van der Waals surface area contributed by atoms with Crippen molar-refractivity contribution < 1.29 is 10.9 Å². The lowest BCUT2D eigenvalue weighted by Gasteiger charge is -2.58. The monoisotopic (exact) mass is 286 g/mol. The number of amides is 1. The number of nitrogens with zero attached hydrogens (tertiary/aromatic N) is 1. The van der Waals surface area contributed by atoms with Gasteiger partial charge in [-0.15, -0.1) is 0 Å². The maximum absolute atomic E-state index is 11.8. The number of hydrogen-bond donors (Lipinski definition) is 0. The van der Waals surface area contributed by atoms with Crippen molar-refractivity contribution in [2.45, 2.75) is 50.0 Å². The summed E-state index contributed by atoms with van der Waals surface area (Å²) in [5.74, 6) is 1.46. The lowest BCUT2D eigenvalue weighted by molar-refractivity contribution is -0.126. The highest BCUT2D eigenvalue weighted by molar-refractivity contribution is 5.52. The predicted octanol–water partition coefficient (Wildman–Crippen LogP) is 2.91. The first kappa shape index (κ1) is 12.1. The smallest absolute Gasteiger partial charge is 0.209 e. The molecule has 2 bridgehead atoms. The molecule has 3 heteroatoms. The van der Waals surface area contributed by atoms with Gasteiger partial charge in [-0.25, -0.2) is 0 Å². The Morgan fingerprint density at radius 1 is 1.43 bits per heavy atom. The molecule has 1 saturated heterocycles. The zero-order valence-electron chi connectivity index (χ0n) is 13.6. The van der Waals surface area contributed by atoms with Gasteiger partial charge in [0.1, 0.15) is 7.12 Å². The van der Waals surface area contributed by atoms with Gasteiger partial charge < -0.3 is 9.64 Å².